The first-order chi connectivity index (χ1) is 16.5. The van der Waals surface area contributed by atoms with E-state index < -0.39 is 46.8 Å². The highest BCUT2D eigenvalue weighted by atomic mass is 19.4. The normalized spacial score (nSPS) is 13.0. The number of amides is 2. The number of nitrogens with two attached hydrogens (primary N) is 1. The standard InChI is InChI=1S/C22H17F4N5O4/c1-31-9-10-4-3-5-15(17(10)20(31)33)35-19-12(22(24,25)26)8-28-21(30-19)29-14-7-13(23)11(18(27)32)6-16(14)34-2/h3-8H,9H2,1-2H3,(H2,27,32)(H,28,29,30). The van der Waals surface area contributed by atoms with E-state index in [1.54, 1.807) is 19.2 Å². The zero-order chi connectivity index (χ0) is 25.5. The molecule has 2 aromatic carbocycles. The summed E-state index contributed by atoms with van der Waals surface area (Å²) < 4.78 is 65.8. The van der Waals surface area contributed by atoms with Crippen molar-refractivity contribution in [1.82, 2.24) is 14.9 Å². The molecule has 0 unspecified atom stereocenters. The summed E-state index contributed by atoms with van der Waals surface area (Å²) in [7, 11) is 2.78. The van der Waals surface area contributed by atoms with Crippen LogP contribution < -0.4 is 20.5 Å². The number of hydrogen-bond donors (Lipinski definition) is 2. The molecule has 13 heteroatoms. The molecule has 3 aromatic rings. The lowest BCUT2D eigenvalue weighted by molar-refractivity contribution is -0.139. The number of alkyl halides is 3. The Labute approximate surface area is 195 Å². The predicted octanol–water partition coefficient (Wildman–Crippen LogP) is 3.86. The summed E-state index contributed by atoms with van der Waals surface area (Å²) in [6.45, 7) is 0.279. The average molecular weight is 491 g/mol. The first-order valence-corrected chi connectivity index (χ1v) is 9.93. The molecule has 1 aromatic heterocycles. The summed E-state index contributed by atoms with van der Waals surface area (Å²) in [6.07, 6.45) is -4.39. The summed E-state index contributed by atoms with van der Waals surface area (Å²) >= 11 is 0. The van der Waals surface area contributed by atoms with Crippen molar-refractivity contribution in [2.45, 2.75) is 12.7 Å². The van der Waals surface area contributed by atoms with Gasteiger partial charge in [0.25, 0.3) is 11.8 Å². The minimum Gasteiger partial charge on any atom is -0.495 e. The number of ether oxygens (including phenoxy) is 2. The van der Waals surface area contributed by atoms with Gasteiger partial charge in [-0.25, -0.2) is 9.37 Å². The first-order valence-electron chi connectivity index (χ1n) is 9.93. The van der Waals surface area contributed by atoms with Crippen LogP contribution in [0.1, 0.15) is 31.8 Å². The summed E-state index contributed by atoms with van der Waals surface area (Å²) in [5, 5.41) is 2.54. The van der Waals surface area contributed by atoms with Gasteiger partial charge in [-0.05, 0) is 17.7 Å². The number of nitrogens with zero attached hydrogens (tertiary/aromatic N) is 3. The van der Waals surface area contributed by atoms with Crippen molar-refractivity contribution in [3.05, 3.63) is 64.6 Å². The molecule has 2 amide bonds. The van der Waals surface area contributed by atoms with E-state index in [2.05, 4.69) is 15.3 Å². The molecule has 0 spiro atoms. The van der Waals surface area contributed by atoms with Gasteiger partial charge in [-0.1, -0.05) is 12.1 Å². The van der Waals surface area contributed by atoms with E-state index >= 15 is 0 Å². The fraction of sp³-hybridized carbons (Fsp3) is 0.182. The number of carbonyl (C=O) groups excluding carboxylic acids is 2. The molecule has 0 aliphatic carbocycles. The predicted molar refractivity (Wildman–Crippen MR) is 114 cm³/mol. The Morgan fingerprint density at radius 3 is 2.63 bits per heavy atom. The quantitative estimate of drug-likeness (QED) is 0.503. The van der Waals surface area contributed by atoms with E-state index in [4.69, 9.17) is 15.2 Å². The molecule has 0 atom stereocenters. The number of fused-ring (bicyclic) bond motifs is 1. The van der Waals surface area contributed by atoms with Crippen molar-refractivity contribution >= 4 is 23.5 Å². The van der Waals surface area contributed by atoms with Crippen molar-refractivity contribution in [2.24, 2.45) is 5.73 Å². The molecule has 0 saturated heterocycles. The van der Waals surface area contributed by atoms with Crippen LogP contribution in [-0.2, 0) is 12.7 Å². The number of halogens is 4. The van der Waals surface area contributed by atoms with Gasteiger partial charge in [0.1, 0.15) is 22.9 Å². The maximum atomic E-state index is 14.3. The van der Waals surface area contributed by atoms with Gasteiger partial charge in [0.15, 0.2) is 0 Å². The van der Waals surface area contributed by atoms with Crippen LogP contribution in [0.15, 0.2) is 36.5 Å². The highest BCUT2D eigenvalue weighted by Gasteiger charge is 2.37. The molecular weight excluding hydrogens is 474 g/mol. The second-order valence-corrected chi connectivity index (χ2v) is 7.49. The number of anilines is 2. The van der Waals surface area contributed by atoms with Crippen LogP contribution in [0.4, 0.5) is 29.2 Å². The maximum absolute atomic E-state index is 14.3. The van der Waals surface area contributed by atoms with Crippen LogP contribution in [-0.4, -0.2) is 40.8 Å². The summed E-state index contributed by atoms with van der Waals surface area (Å²) in [5.41, 5.74) is 4.01. The highest BCUT2D eigenvalue weighted by Crippen LogP contribution is 2.40. The average Bonchev–Trinajstić information content (AvgIpc) is 3.07. The lowest BCUT2D eigenvalue weighted by Gasteiger charge is -2.16. The van der Waals surface area contributed by atoms with E-state index in [0.717, 1.165) is 12.1 Å². The number of nitrogens with one attached hydrogen (secondary N) is 1. The molecule has 0 fully saturated rings. The van der Waals surface area contributed by atoms with Crippen molar-refractivity contribution < 1.29 is 36.6 Å². The Kier molecular flexibility index (Phi) is 5.92. The molecule has 2 heterocycles. The van der Waals surface area contributed by atoms with Gasteiger partial charge in [-0.3, -0.25) is 9.59 Å². The van der Waals surface area contributed by atoms with Crippen LogP contribution in [0.25, 0.3) is 0 Å². The fourth-order valence-electron chi connectivity index (χ4n) is 3.49. The fourth-order valence-corrected chi connectivity index (χ4v) is 3.49. The number of hydrogen-bond acceptors (Lipinski definition) is 7. The summed E-state index contributed by atoms with van der Waals surface area (Å²) in [4.78, 5) is 32.7. The van der Waals surface area contributed by atoms with Gasteiger partial charge in [0, 0.05) is 25.9 Å². The van der Waals surface area contributed by atoms with Crippen molar-refractivity contribution in [3.63, 3.8) is 0 Å². The lowest BCUT2D eigenvalue weighted by atomic mass is 10.1. The topological polar surface area (TPSA) is 120 Å². The molecule has 0 bridgehead atoms. The smallest absolute Gasteiger partial charge is 0.423 e. The molecule has 1 aliphatic rings. The third-order valence-corrected chi connectivity index (χ3v) is 5.15. The van der Waals surface area contributed by atoms with Gasteiger partial charge >= 0.3 is 6.18 Å². The molecule has 35 heavy (non-hydrogen) atoms. The van der Waals surface area contributed by atoms with E-state index in [1.807, 2.05) is 0 Å². The van der Waals surface area contributed by atoms with Crippen molar-refractivity contribution in [1.29, 1.82) is 0 Å². The molecule has 9 nitrogen and oxygen atoms in total. The zero-order valence-corrected chi connectivity index (χ0v) is 18.2. The molecule has 1 aliphatic heterocycles. The second-order valence-electron chi connectivity index (χ2n) is 7.49. The number of aromatic nitrogens is 2. The summed E-state index contributed by atoms with van der Waals surface area (Å²) in [6, 6.07) is 6.45. The van der Waals surface area contributed by atoms with E-state index in [9.17, 15) is 27.2 Å². The Hall–Kier alpha value is -4.42. The minimum absolute atomic E-state index is 0.0410. The van der Waals surface area contributed by atoms with Gasteiger partial charge < -0.3 is 25.4 Å². The Morgan fingerprint density at radius 1 is 1.23 bits per heavy atom. The monoisotopic (exact) mass is 491 g/mol. The number of rotatable bonds is 6. The molecule has 4 rings (SSSR count). The zero-order valence-electron chi connectivity index (χ0n) is 18.2. The Balaban J connectivity index is 1.75. The van der Waals surface area contributed by atoms with Crippen LogP contribution in [0, 0.1) is 5.82 Å². The lowest BCUT2D eigenvalue weighted by Crippen LogP contribution is -2.18. The molecular formula is C22H17F4N5O4. The van der Waals surface area contributed by atoms with Gasteiger partial charge in [-0.2, -0.15) is 18.2 Å². The number of methoxy groups -OCH3 is 1. The Morgan fingerprint density at radius 2 is 1.97 bits per heavy atom. The highest BCUT2D eigenvalue weighted by molar-refractivity contribution is 6.00. The molecule has 0 saturated carbocycles. The third kappa shape index (κ3) is 4.52. The van der Waals surface area contributed by atoms with Gasteiger partial charge in [-0.15, -0.1) is 0 Å². The van der Waals surface area contributed by atoms with Gasteiger partial charge in [0.2, 0.25) is 11.8 Å². The van der Waals surface area contributed by atoms with Gasteiger partial charge in [0.05, 0.1) is 23.9 Å². The second kappa shape index (κ2) is 8.74. The third-order valence-electron chi connectivity index (χ3n) is 5.15. The molecule has 182 valence electrons. The molecule has 0 radical (unpaired) electrons. The number of primary amides is 1. The number of carbonyl (C=O) groups is 2. The Bertz CT molecular complexity index is 1350. The van der Waals surface area contributed by atoms with E-state index in [-0.39, 0.29) is 29.3 Å². The molecule has 3 N–H and O–H groups in total. The SMILES string of the molecule is COc1cc(C(N)=O)c(F)cc1Nc1ncc(C(F)(F)F)c(Oc2cccc3c2C(=O)N(C)C3)n1. The summed E-state index contributed by atoms with van der Waals surface area (Å²) in [5.74, 6) is -3.86. The largest absolute Gasteiger partial charge is 0.495 e. The van der Waals surface area contributed by atoms with E-state index in [1.165, 1.54) is 18.1 Å². The van der Waals surface area contributed by atoms with Crippen LogP contribution in [0.2, 0.25) is 0 Å². The maximum Gasteiger partial charge on any atom is 0.423 e. The van der Waals surface area contributed by atoms with E-state index in [0.29, 0.717) is 11.8 Å². The van der Waals surface area contributed by atoms with Crippen LogP contribution in [0.3, 0.4) is 0 Å². The van der Waals surface area contributed by atoms with Crippen LogP contribution in [0.5, 0.6) is 17.4 Å². The van der Waals surface area contributed by atoms with Crippen molar-refractivity contribution in [2.75, 3.05) is 19.5 Å². The van der Waals surface area contributed by atoms with Crippen molar-refractivity contribution in [3.8, 4) is 17.4 Å². The van der Waals surface area contributed by atoms with Crippen LogP contribution >= 0.6 is 0 Å². The first kappa shape index (κ1) is 23.7. The number of benzene rings is 2. The minimum atomic E-state index is -4.88.